The predicted molar refractivity (Wildman–Crippen MR) is 52.8 cm³/mol. The molecule has 0 bridgehead atoms. The van der Waals surface area contributed by atoms with Crippen molar-refractivity contribution < 1.29 is 4.52 Å². The van der Waals surface area contributed by atoms with Crippen molar-refractivity contribution in [2.24, 2.45) is 5.73 Å². The Morgan fingerprint density at radius 3 is 3.14 bits per heavy atom. The Hall–Kier alpha value is -1.27. The van der Waals surface area contributed by atoms with Crippen LogP contribution in [0.1, 0.15) is 12.8 Å². The van der Waals surface area contributed by atoms with Crippen molar-refractivity contribution in [2.75, 3.05) is 0 Å². The van der Waals surface area contributed by atoms with Crippen LogP contribution in [0.25, 0.3) is 10.7 Å². The van der Waals surface area contributed by atoms with Gasteiger partial charge in [-0.25, -0.2) is 0 Å². The molecule has 0 radical (unpaired) electrons. The Kier molecular flexibility index (Phi) is 2.55. The van der Waals surface area contributed by atoms with Crippen LogP contribution in [0.3, 0.4) is 0 Å². The summed E-state index contributed by atoms with van der Waals surface area (Å²) in [6.07, 6.45) is 2.32. The van der Waals surface area contributed by atoms with Crippen LogP contribution in [0.2, 0.25) is 0 Å². The summed E-state index contributed by atoms with van der Waals surface area (Å²) in [7, 11) is 0. The van der Waals surface area contributed by atoms with Crippen molar-refractivity contribution in [1.82, 2.24) is 15.1 Å². The van der Waals surface area contributed by atoms with E-state index in [1.165, 1.54) is 11.3 Å². The molecule has 2 aromatic rings. The summed E-state index contributed by atoms with van der Waals surface area (Å²) in [6, 6.07) is 0.0322. The molecule has 6 heteroatoms. The lowest BCUT2D eigenvalue weighted by atomic mass is 10.2. The van der Waals surface area contributed by atoms with Gasteiger partial charge in [0.15, 0.2) is 0 Å². The summed E-state index contributed by atoms with van der Waals surface area (Å²) in [5, 5.41) is 3.84. The molecule has 0 spiro atoms. The van der Waals surface area contributed by atoms with E-state index in [2.05, 4.69) is 15.1 Å². The van der Waals surface area contributed by atoms with Gasteiger partial charge in [-0.1, -0.05) is 5.16 Å². The molecule has 0 amide bonds. The van der Waals surface area contributed by atoms with Crippen LogP contribution in [-0.2, 0) is 6.42 Å². The highest BCUT2D eigenvalue weighted by Crippen LogP contribution is 2.19. The van der Waals surface area contributed by atoms with Crippen LogP contribution in [0, 0.1) is 0 Å². The van der Waals surface area contributed by atoms with E-state index in [9.17, 15) is 0 Å². The highest BCUT2D eigenvalue weighted by molar-refractivity contribution is 7.13. The largest absolute Gasteiger partial charge is 0.339 e. The molecule has 74 valence electrons. The minimum Gasteiger partial charge on any atom is -0.339 e. The van der Waals surface area contributed by atoms with E-state index < -0.39 is 0 Å². The van der Waals surface area contributed by atoms with E-state index in [4.69, 9.17) is 10.3 Å². The van der Waals surface area contributed by atoms with Crippen LogP contribution in [-0.4, -0.2) is 21.2 Å². The van der Waals surface area contributed by atoms with Crippen molar-refractivity contribution in [1.29, 1.82) is 0 Å². The summed E-state index contributed by atoms with van der Waals surface area (Å²) in [5.41, 5.74) is 7.35. The zero-order valence-electron chi connectivity index (χ0n) is 7.67. The molecule has 14 heavy (non-hydrogen) atoms. The third-order valence-corrected chi connectivity index (χ3v) is 2.39. The molecule has 0 aliphatic heterocycles. The van der Waals surface area contributed by atoms with Crippen LogP contribution >= 0.6 is 11.3 Å². The standard InChI is InChI=1S/C8H10N4OS/c1-5(9)2-7-11-8(12-13-7)6-3-10-4-14-6/h3-5H,2,9H2,1H3. The lowest BCUT2D eigenvalue weighted by Crippen LogP contribution is -2.17. The van der Waals surface area contributed by atoms with Crippen molar-refractivity contribution in [3.8, 4) is 10.7 Å². The fourth-order valence-corrected chi connectivity index (χ4v) is 1.58. The second kappa shape index (κ2) is 3.85. The molecule has 0 aromatic carbocycles. The lowest BCUT2D eigenvalue weighted by Gasteiger charge is -1.96. The number of hydrogen-bond acceptors (Lipinski definition) is 6. The van der Waals surface area contributed by atoms with Crippen LogP contribution in [0.4, 0.5) is 0 Å². The zero-order chi connectivity index (χ0) is 9.97. The Labute approximate surface area is 85.0 Å². The van der Waals surface area contributed by atoms with Crippen LogP contribution < -0.4 is 5.73 Å². The van der Waals surface area contributed by atoms with Gasteiger partial charge in [0, 0.05) is 18.7 Å². The molecule has 0 saturated carbocycles. The third kappa shape index (κ3) is 1.97. The van der Waals surface area contributed by atoms with Gasteiger partial charge in [-0.05, 0) is 6.92 Å². The van der Waals surface area contributed by atoms with E-state index in [0.29, 0.717) is 18.1 Å². The van der Waals surface area contributed by atoms with Gasteiger partial charge in [0.25, 0.3) is 0 Å². The second-order valence-electron chi connectivity index (χ2n) is 3.06. The van der Waals surface area contributed by atoms with E-state index in [1.807, 2.05) is 6.92 Å². The maximum Gasteiger partial charge on any atom is 0.228 e. The third-order valence-electron chi connectivity index (χ3n) is 1.62. The molecular weight excluding hydrogens is 200 g/mol. The normalized spacial score (nSPS) is 13.0. The maximum atomic E-state index is 5.61. The molecule has 2 rings (SSSR count). The number of thiazole rings is 1. The van der Waals surface area contributed by atoms with Crippen molar-refractivity contribution in [3.63, 3.8) is 0 Å². The average molecular weight is 210 g/mol. The van der Waals surface area contributed by atoms with Gasteiger partial charge in [-0.2, -0.15) is 4.98 Å². The van der Waals surface area contributed by atoms with E-state index in [-0.39, 0.29) is 6.04 Å². The number of aromatic nitrogens is 3. The first-order valence-corrected chi connectivity index (χ1v) is 5.10. The molecular formula is C8H10N4OS. The summed E-state index contributed by atoms with van der Waals surface area (Å²) in [6.45, 7) is 1.90. The second-order valence-corrected chi connectivity index (χ2v) is 3.95. The molecule has 1 atom stereocenters. The maximum absolute atomic E-state index is 5.61. The minimum atomic E-state index is 0.0322. The highest BCUT2D eigenvalue weighted by Gasteiger charge is 2.10. The van der Waals surface area contributed by atoms with Gasteiger partial charge in [0.2, 0.25) is 11.7 Å². The molecule has 0 saturated heterocycles. The first-order valence-electron chi connectivity index (χ1n) is 4.22. The van der Waals surface area contributed by atoms with E-state index in [1.54, 1.807) is 11.7 Å². The van der Waals surface area contributed by atoms with Crippen LogP contribution in [0.5, 0.6) is 0 Å². The lowest BCUT2D eigenvalue weighted by molar-refractivity contribution is 0.372. The average Bonchev–Trinajstić information content (AvgIpc) is 2.69. The Balaban J connectivity index is 2.18. The highest BCUT2D eigenvalue weighted by atomic mass is 32.1. The SMILES string of the molecule is CC(N)Cc1nc(-c2cncs2)no1. The molecule has 0 aliphatic carbocycles. The van der Waals surface area contributed by atoms with E-state index in [0.717, 1.165) is 4.88 Å². The number of rotatable bonds is 3. The summed E-state index contributed by atoms with van der Waals surface area (Å²) in [4.78, 5) is 9.05. The van der Waals surface area contributed by atoms with Crippen molar-refractivity contribution >= 4 is 11.3 Å². The van der Waals surface area contributed by atoms with Gasteiger partial charge < -0.3 is 10.3 Å². The topological polar surface area (TPSA) is 77.8 Å². The minimum absolute atomic E-state index is 0.0322. The van der Waals surface area contributed by atoms with Gasteiger partial charge in [0.1, 0.15) is 0 Å². The molecule has 5 nitrogen and oxygen atoms in total. The Morgan fingerprint density at radius 2 is 2.50 bits per heavy atom. The van der Waals surface area contributed by atoms with Gasteiger partial charge in [-0.3, -0.25) is 4.98 Å². The molecule has 1 unspecified atom stereocenters. The fourth-order valence-electron chi connectivity index (χ4n) is 1.04. The van der Waals surface area contributed by atoms with Gasteiger partial charge in [-0.15, -0.1) is 11.3 Å². The first kappa shape index (κ1) is 9.29. The predicted octanol–water partition coefficient (Wildman–Crippen LogP) is 1.08. The van der Waals surface area contributed by atoms with Crippen molar-refractivity contribution in [3.05, 3.63) is 17.6 Å². The Bertz CT molecular complexity index is 395. The van der Waals surface area contributed by atoms with Crippen LogP contribution in [0.15, 0.2) is 16.2 Å². The summed E-state index contributed by atoms with van der Waals surface area (Å²) >= 11 is 1.48. The first-order chi connectivity index (χ1) is 6.75. The molecule has 2 N–H and O–H groups in total. The Morgan fingerprint density at radius 1 is 1.64 bits per heavy atom. The molecule has 0 aliphatic rings. The quantitative estimate of drug-likeness (QED) is 0.820. The number of nitrogens with two attached hydrogens (primary N) is 1. The zero-order valence-corrected chi connectivity index (χ0v) is 8.49. The molecule has 2 heterocycles. The number of nitrogens with zero attached hydrogens (tertiary/aromatic N) is 3. The summed E-state index contributed by atoms with van der Waals surface area (Å²) < 4.78 is 5.04. The van der Waals surface area contributed by atoms with Gasteiger partial charge >= 0.3 is 0 Å². The monoisotopic (exact) mass is 210 g/mol. The fraction of sp³-hybridized carbons (Fsp3) is 0.375. The molecule has 0 fully saturated rings. The smallest absolute Gasteiger partial charge is 0.228 e. The van der Waals surface area contributed by atoms with Gasteiger partial charge in [0.05, 0.1) is 10.4 Å². The number of hydrogen-bond donors (Lipinski definition) is 1. The summed E-state index contributed by atoms with van der Waals surface area (Å²) in [5.74, 6) is 1.16. The van der Waals surface area contributed by atoms with E-state index >= 15 is 0 Å². The van der Waals surface area contributed by atoms with Crippen molar-refractivity contribution in [2.45, 2.75) is 19.4 Å². The molecule has 2 aromatic heterocycles.